The van der Waals surface area contributed by atoms with Crippen LogP contribution in [0.15, 0.2) is 60.7 Å². The van der Waals surface area contributed by atoms with Crippen molar-refractivity contribution < 1.29 is 19.5 Å². The first kappa shape index (κ1) is 21.4. The van der Waals surface area contributed by atoms with Gasteiger partial charge in [-0.05, 0) is 29.9 Å². The number of fused-ring (bicyclic) bond motifs is 1. The number of hydrogen-bond donors (Lipinski definition) is 5. The van der Waals surface area contributed by atoms with Crippen LogP contribution in [0.5, 0.6) is 0 Å². The van der Waals surface area contributed by atoms with Crippen LogP contribution in [0.3, 0.4) is 0 Å². The van der Waals surface area contributed by atoms with E-state index in [2.05, 4.69) is 28.2 Å². The molecular weight excluding hydrogens is 402 g/mol. The van der Waals surface area contributed by atoms with Gasteiger partial charge in [-0.25, -0.2) is 4.79 Å². The summed E-state index contributed by atoms with van der Waals surface area (Å²) in [5.74, 6) is -1.83. The molecule has 4 N–H and O–H groups in total. The molecule has 3 rings (SSSR count). The third-order valence-corrected chi connectivity index (χ3v) is 4.97. The van der Waals surface area contributed by atoms with Crippen molar-refractivity contribution in [2.45, 2.75) is 24.9 Å². The van der Waals surface area contributed by atoms with Crippen molar-refractivity contribution in [3.63, 3.8) is 0 Å². The molecule has 2 atom stereocenters. The maximum Gasteiger partial charge on any atom is 0.326 e. The van der Waals surface area contributed by atoms with E-state index in [1.54, 1.807) is 6.07 Å². The summed E-state index contributed by atoms with van der Waals surface area (Å²) in [6.45, 7) is 0. The number of thiol groups is 1. The maximum atomic E-state index is 12.9. The minimum atomic E-state index is -1.14. The molecule has 30 heavy (non-hydrogen) atoms. The van der Waals surface area contributed by atoms with Crippen molar-refractivity contribution in [1.82, 2.24) is 15.6 Å². The quantitative estimate of drug-likeness (QED) is 0.339. The molecule has 0 saturated heterocycles. The molecule has 0 saturated carbocycles. The summed E-state index contributed by atoms with van der Waals surface area (Å²) in [6.07, 6.45) is 0.407. The second-order valence-electron chi connectivity index (χ2n) is 6.90. The van der Waals surface area contributed by atoms with Gasteiger partial charge in [-0.2, -0.15) is 12.6 Å². The van der Waals surface area contributed by atoms with Crippen LogP contribution < -0.4 is 10.6 Å². The number of H-pyrrole nitrogens is 1. The van der Waals surface area contributed by atoms with E-state index in [0.717, 1.165) is 16.5 Å². The van der Waals surface area contributed by atoms with Crippen LogP contribution in [0, 0.1) is 0 Å². The maximum absolute atomic E-state index is 12.9. The van der Waals surface area contributed by atoms with Gasteiger partial charge in [0.1, 0.15) is 17.8 Å². The summed E-state index contributed by atoms with van der Waals surface area (Å²) in [6, 6.07) is 16.4. The lowest BCUT2D eigenvalue weighted by Crippen LogP contribution is -2.52. The lowest BCUT2D eigenvalue weighted by atomic mass is 10.0. The van der Waals surface area contributed by atoms with Crippen LogP contribution in [0.25, 0.3) is 10.9 Å². The summed E-state index contributed by atoms with van der Waals surface area (Å²) in [5.41, 5.74) is 1.98. The number of aromatic amines is 1. The Kier molecular flexibility index (Phi) is 7.13. The number of carboxylic acids is 1. The summed E-state index contributed by atoms with van der Waals surface area (Å²) in [5, 5.41) is 15.4. The fourth-order valence-electron chi connectivity index (χ4n) is 3.15. The van der Waals surface area contributed by atoms with Crippen molar-refractivity contribution in [2.75, 3.05) is 5.75 Å². The van der Waals surface area contributed by atoms with E-state index < -0.39 is 29.9 Å². The largest absolute Gasteiger partial charge is 0.480 e. The van der Waals surface area contributed by atoms with Gasteiger partial charge in [0.25, 0.3) is 5.91 Å². The fourth-order valence-corrected chi connectivity index (χ4v) is 3.41. The molecule has 0 bridgehead atoms. The van der Waals surface area contributed by atoms with E-state index in [-0.39, 0.29) is 12.8 Å². The van der Waals surface area contributed by atoms with Gasteiger partial charge in [-0.1, -0.05) is 48.5 Å². The van der Waals surface area contributed by atoms with E-state index in [9.17, 15) is 19.5 Å². The number of rotatable bonds is 9. The molecule has 0 spiro atoms. The van der Waals surface area contributed by atoms with Gasteiger partial charge in [0.05, 0.1) is 0 Å². The van der Waals surface area contributed by atoms with Crippen LogP contribution in [-0.2, 0) is 16.0 Å². The van der Waals surface area contributed by atoms with Crippen LogP contribution in [0.2, 0.25) is 0 Å². The summed E-state index contributed by atoms with van der Waals surface area (Å²) in [4.78, 5) is 40.1. The van der Waals surface area contributed by atoms with E-state index >= 15 is 0 Å². The highest BCUT2D eigenvalue weighted by Gasteiger charge is 2.27. The monoisotopic (exact) mass is 425 g/mol. The summed E-state index contributed by atoms with van der Waals surface area (Å²) >= 11 is 4.05. The highest BCUT2D eigenvalue weighted by atomic mass is 32.1. The highest BCUT2D eigenvalue weighted by molar-refractivity contribution is 7.80. The molecular formula is C22H23N3O4S. The molecule has 2 aromatic carbocycles. The van der Waals surface area contributed by atoms with Crippen LogP contribution in [0.1, 0.15) is 22.5 Å². The zero-order chi connectivity index (χ0) is 21.5. The Morgan fingerprint density at radius 2 is 1.67 bits per heavy atom. The van der Waals surface area contributed by atoms with Gasteiger partial charge >= 0.3 is 5.97 Å². The average molecular weight is 426 g/mol. The van der Waals surface area contributed by atoms with Gasteiger partial charge < -0.3 is 20.7 Å². The Morgan fingerprint density at radius 1 is 0.967 bits per heavy atom. The highest BCUT2D eigenvalue weighted by Crippen LogP contribution is 2.15. The molecule has 156 valence electrons. The number of nitrogens with one attached hydrogen (secondary N) is 3. The smallest absolute Gasteiger partial charge is 0.326 e. The standard InChI is InChI=1S/C22H23N3O4S/c26-20(24-17(10-11-30)22(28)29)18(12-14-6-2-1-3-7-14)25-21(27)19-13-15-8-4-5-9-16(15)23-19/h1-9,13,17-18,23,30H,10-12H2,(H,24,26)(H,25,27)(H,28,29)/t17-,18-/m0/s1. The number of hydrogen-bond acceptors (Lipinski definition) is 4. The zero-order valence-electron chi connectivity index (χ0n) is 16.2. The number of carboxylic acid groups (broad SMARTS) is 1. The number of para-hydroxylation sites is 1. The van der Waals surface area contributed by atoms with Gasteiger partial charge in [0.2, 0.25) is 5.91 Å². The Labute approximate surface area is 179 Å². The van der Waals surface area contributed by atoms with Crippen molar-refractivity contribution in [3.8, 4) is 0 Å². The minimum Gasteiger partial charge on any atom is -0.480 e. The second kappa shape index (κ2) is 9.98. The molecule has 1 aromatic heterocycles. The number of amides is 2. The molecule has 1 heterocycles. The number of aliphatic carboxylic acids is 1. The van der Waals surface area contributed by atoms with Crippen LogP contribution in [0.4, 0.5) is 0 Å². The Bertz CT molecular complexity index is 1000. The third-order valence-electron chi connectivity index (χ3n) is 4.71. The first-order valence-corrected chi connectivity index (χ1v) is 10.2. The molecule has 2 amide bonds. The first-order chi connectivity index (χ1) is 14.5. The van der Waals surface area contributed by atoms with Gasteiger partial charge in [0.15, 0.2) is 0 Å². The van der Waals surface area contributed by atoms with Crippen molar-refractivity contribution in [3.05, 3.63) is 71.9 Å². The molecule has 0 aliphatic carbocycles. The molecule has 0 radical (unpaired) electrons. The van der Waals surface area contributed by atoms with E-state index in [4.69, 9.17) is 0 Å². The van der Waals surface area contributed by atoms with E-state index in [1.165, 1.54) is 0 Å². The molecule has 0 unspecified atom stereocenters. The lowest BCUT2D eigenvalue weighted by molar-refractivity contribution is -0.142. The Morgan fingerprint density at radius 3 is 2.33 bits per heavy atom. The number of aromatic nitrogens is 1. The molecule has 0 aliphatic rings. The normalized spacial score (nSPS) is 12.8. The van der Waals surface area contributed by atoms with E-state index in [0.29, 0.717) is 11.4 Å². The molecule has 7 nitrogen and oxygen atoms in total. The minimum absolute atomic E-state index is 0.179. The predicted molar refractivity (Wildman–Crippen MR) is 118 cm³/mol. The van der Waals surface area contributed by atoms with E-state index in [1.807, 2.05) is 54.6 Å². The topological polar surface area (TPSA) is 111 Å². The van der Waals surface area contributed by atoms with Gasteiger partial charge in [-0.3, -0.25) is 9.59 Å². The first-order valence-electron chi connectivity index (χ1n) is 9.54. The van der Waals surface area contributed by atoms with Crippen molar-refractivity contribution in [2.24, 2.45) is 0 Å². The Balaban J connectivity index is 1.80. The summed E-state index contributed by atoms with van der Waals surface area (Å²) in [7, 11) is 0. The van der Waals surface area contributed by atoms with Crippen molar-refractivity contribution >= 4 is 41.3 Å². The van der Waals surface area contributed by atoms with Crippen molar-refractivity contribution in [1.29, 1.82) is 0 Å². The van der Waals surface area contributed by atoms with Gasteiger partial charge in [-0.15, -0.1) is 0 Å². The number of carbonyl (C=O) groups excluding carboxylic acids is 2. The second-order valence-corrected chi connectivity index (χ2v) is 7.34. The zero-order valence-corrected chi connectivity index (χ0v) is 17.1. The average Bonchev–Trinajstić information content (AvgIpc) is 3.18. The molecule has 8 heteroatoms. The molecule has 3 aromatic rings. The predicted octanol–water partition coefficient (Wildman–Crippen LogP) is 2.40. The third kappa shape index (κ3) is 5.42. The van der Waals surface area contributed by atoms with Gasteiger partial charge in [0, 0.05) is 17.3 Å². The number of carbonyl (C=O) groups is 3. The molecule has 0 fully saturated rings. The number of benzene rings is 2. The molecule has 0 aliphatic heterocycles. The van der Waals surface area contributed by atoms with Crippen LogP contribution in [-0.4, -0.2) is 45.7 Å². The summed E-state index contributed by atoms with van der Waals surface area (Å²) < 4.78 is 0. The lowest BCUT2D eigenvalue weighted by Gasteiger charge is -2.21. The fraction of sp³-hybridized carbons (Fsp3) is 0.227. The Hall–Kier alpha value is -3.26. The van der Waals surface area contributed by atoms with Crippen LogP contribution >= 0.6 is 12.6 Å². The SMILES string of the molecule is O=C(N[C@@H](Cc1ccccc1)C(=O)N[C@@H](CCS)C(=O)O)c1cc2ccccc2[nH]1.